The molecule has 1 N–H and O–H groups in total. The quantitative estimate of drug-likeness (QED) is 0.559. The van der Waals surface area contributed by atoms with Gasteiger partial charge < -0.3 is 14.7 Å². The third-order valence-electron chi connectivity index (χ3n) is 5.92. The molecule has 1 fully saturated rings. The van der Waals surface area contributed by atoms with Gasteiger partial charge >= 0.3 is 0 Å². The number of likely N-dealkylation sites (tertiary alicyclic amines) is 1. The van der Waals surface area contributed by atoms with Crippen LogP contribution in [0.5, 0.6) is 5.75 Å². The molecule has 5 rings (SSSR count). The SMILES string of the molecule is O=C1c2ccccc2OC1c1csc(N(CCC(=O)N2CCCC(O)C2)C(=O)c2cccs2)n1. The second-order valence-electron chi connectivity index (χ2n) is 8.23. The van der Waals surface area contributed by atoms with Gasteiger partial charge in [0, 0.05) is 31.4 Å². The average molecular weight is 498 g/mol. The molecule has 0 saturated carbocycles. The van der Waals surface area contributed by atoms with Gasteiger partial charge in [-0.1, -0.05) is 18.2 Å². The number of benzene rings is 1. The van der Waals surface area contributed by atoms with Gasteiger partial charge in [-0.2, -0.15) is 0 Å². The molecule has 2 aliphatic rings. The Bertz CT molecular complexity index is 1210. The molecule has 4 heterocycles. The average Bonchev–Trinajstić information content (AvgIpc) is 3.60. The van der Waals surface area contributed by atoms with Gasteiger partial charge in [-0.15, -0.1) is 22.7 Å². The summed E-state index contributed by atoms with van der Waals surface area (Å²) in [5, 5.41) is 13.8. The smallest absolute Gasteiger partial charge is 0.270 e. The topological polar surface area (TPSA) is 100 Å². The lowest BCUT2D eigenvalue weighted by atomic mass is 10.1. The molecule has 2 amide bonds. The Morgan fingerprint density at radius 1 is 1.21 bits per heavy atom. The van der Waals surface area contributed by atoms with Crippen molar-refractivity contribution >= 4 is 45.4 Å². The monoisotopic (exact) mass is 497 g/mol. The minimum atomic E-state index is -0.849. The summed E-state index contributed by atoms with van der Waals surface area (Å²) in [6.07, 6.45) is 0.218. The van der Waals surface area contributed by atoms with Crippen molar-refractivity contribution in [3.63, 3.8) is 0 Å². The Morgan fingerprint density at radius 3 is 2.82 bits per heavy atom. The van der Waals surface area contributed by atoms with Gasteiger partial charge in [0.15, 0.2) is 5.13 Å². The highest BCUT2D eigenvalue weighted by Crippen LogP contribution is 2.38. The molecular weight excluding hydrogens is 474 g/mol. The molecule has 2 aromatic heterocycles. The predicted octanol–water partition coefficient (Wildman–Crippen LogP) is 3.54. The van der Waals surface area contributed by atoms with Crippen LogP contribution >= 0.6 is 22.7 Å². The number of ketones is 1. The van der Waals surface area contributed by atoms with E-state index in [4.69, 9.17) is 4.74 Å². The molecule has 10 heteroatoms. The number of anilines is 1. The number of amides is 2. The van der Waals surface area contributed by atoms with Crippen LogP contribution in [0.15, 0.2) is 47.2 Å². The van der Waals surface area contributed by atoms with E-state index >= 15 is 0 Å². The van der Waals surface area contributed by atoms with Crippen LogP contribution < -0.4 is 9.64 Å². The standard InChI is InChI=1S/C24H23N3O5S2/c28-15-5-3-10-26(13-15)20(29)9-11-27(23(31)19-8-4-12-33-19)24-25-17(14-34-24)22-21(30)16-6-1-2-7-18(16)32-22/h1-2,4,6-8,12,14-15,22,28H,3,5,9-11,13H2. The number of carbonyl (C=O) groups is 3. The van der Waals surface area contributed by atoms with Crippen LogP contribution in [-0.2, 0) is 4.79 Å². The van der Waals surface area contributed by atoms with Crippen molar-refractivity contribution in [1.82, 2.24) is 9.88 Å². The molecule has 1 saturated heterocycles. The number of thiazole rings is 1. The van der Waals surface area contributed by atoms with E-state index in [0.29, 0.717) is 46.5 Å². The number of piperidine rings is 1. The lowest BCUT2D eigenvalue weighted by Crippen LogP contribution is -2.43. The summed E-state index contributed by atoms with van der Waals surface area (Å²) in [5.41, 5.74) is 0.957. The van der Waals surface area contributed by atoms with Gasteiger partial charge in [-0.25, -0.2) is 4.98 Å². The number of carbonyl (C=O) groups excluding carboxylic acids is 3. The van der Waals surface area contributed by atoms with E-state index in [1.165, 1.54) is 27.6 Å². The van der Waals surface area contributed by atoms with E-state index in [9.17, 15) is 19.5 Å². The van der Waals surface area contributed by atoms with Crippen molar-refractivity contribution in [2.75, 3.05) is 24.5 Å². The summed E-state index contributed by atoms with van der Waals surface area (Å²) < 4.78 is 5.83. The number of hydrogen-bond donors (Lipinski definition) is 1. The zero-order valence-electron chi connectivity index (χ0n) is 18.3. The van der Waals surface area contributed by atoms with Crippen molar-refractivity contribution in [2.24, 2.45) is 0 Å². The zero-order chi connectivity index (χ0) is 23.7. The molecule has 0 spiro atoms. The predicted molar refractivity (Wildman–Crippen MR) is 129 cm³/mol. The van der Waals surface area contributed by atoms with Crippen LogP contribution in [0.25, 0.3) is 0 Å². The molecule has 0 aliphatic carbocycles. The Labute approximate surface area is 204 Å². The summed E-state index contributed by atoms with van der Waals surface area (Å²) in [7, 11) is 0. The first-order valence-corrected chi connectivity index (χ1v) is 12.8. The number of hydrogen-bond acceptors (Lipinski definition) is 8. The lowest BCUT2D eigenvalue weighted by molar-refractivity contribution is -0.134. The number of rotatable bonds is 6. The van der Waals surface area contributed by atoms with Crippen LogP contribution in [0.4, 0.5) is 5.13 Å². The zero-order valence-corrected chi connectivity index (χ0v) is 19.9. The van der Waals surface area contributed by atoms with E-state index in [1.54, 1.807) is 46.7 Å². The van der Waals surface area contributed by atoms with Gasteiger partial charge in [-0.3, -0.25) is 19.3 Å². The summed E-state index contributed by atoms with van der Waals surface area (Å²) in [6, 6.07) is 10.6. The van der Waals surface area contributed by atoms with Gasteiger partial charge in [0.25, 0.3) is 5.91 Å². The van der Waals surface area contributed by atoms with Crippen LogP contribution in [-0.4, -0.2) is 58.3 Å². The van der Waals surface area contributed by atoms with E-state index in [0.717, 1.165) is 6.42 Å². The molecule has 2 aliphatic heterocycles. The highest BCUT2D eigenvalue weighted by Gasteiger charge is 2.36. The number of aromatic nitrogens is 1. The molecule has 0 radical (unpaired) electrons. The fourth-order valence-electron chi connectivity index (χ4n) is 4.17. The van der Waals surface area contributed by atoms with E-state index < -0.39 is 12.2 Å². The number of aliphatic hydroxyl groups is 1. The molecule has 2 unspecified atom stereocenters. The largest absolute Gasteiger partial charge is 0.475 e. The molecular formula is C24H23N3O5S2. The Kier molecular flexibility index (Phi) is 6.44. The molecule has 0 bridgehead atoms. The van der Waals surface area contributed by atoms with Crippen molar-refractivity contribution in [1.29, 1.82) is 0 Å². The number of fused-ring (bicyclic) bond motifs is 1. The normalized spacial score (nSPS) is 19.6. The van der Waals surface area contributed by atoms with Gasteiger partial charge in [0.05, 0.1) is 16.5 Å². The number of nitrogens with zero attached hydrogens (tertiary/aromatic N) is 3. The van der Waals surface area contributed by atoms with Crippen LogP contribution in [0.3, 0.4) is 0 Å². The fraction of sp³-hybridized carbons (Fsp3) is 0.333. The first kappa shape index (κ1) is 22.7. The van der Waals surface area contributed by atoms with Crippen molar-refractivity contribution < 1.29 is 24.2 Å². The molecule has 1 aromatic carbocycles. The van der Waals surface area contributed by atoms with Gasteiger partial charge in [-0.05, 0) is 36.4 Å². The van der Waals surface area contributed by atoms with Crippen LogP contribution in [0.1, 0.15) is 51.1 Å². The number of ether oxygens (including phenoxy) is 1. The van der Waals surface area contributed by atoms with E-state index in [1.807, 2.05) is 5.38 Å². The molecule has 8 nitrogen and oxygen atoms in total. The molecule has 3 aromatic rings. The van der Waals surface area contributed by atoms with Crippen molar-refractivity contribution in [2.45, 2.75) is 31.5 Å². The van der Waals surface area contributed by atoms with Gasteiger partial charge in [0.1, 0.15) is 11.4 Å². The minimum absolute atomic E-state index is 0.107. The summed E-state index contributed by atoms with van der Waals surface area (Å²) in [5.74, 6) is 0.00361. The highest BCUT2D eigenvalue weighted by molar-refractivity contribution is 7.14. The van der Waals surface area contributed by atoms with Crippen molar-refractivity contribution in [3.05, 3.63) is 63.3 Å². The third-order valence-corrected chi connectivity index (χ3v) is 7.66. The number of aliphatic hydroxyl groups excluding tert-OH is 1. The van der Waals surface area contributed by atoms with E-state index in [2.05, 4.69) is 4.98 Å². The van der Waals surface area contributed by atoms with Gasteiger partial charge in [0.2, 0.25) is 17.8 Å². The maximum atomic E-state index is 13.3. The Balaban J connectivity index is 1.35. The third kappa shape index (κ3) is 4.48. The van der Waals surface area contributed by atoms with Crippen LogP contribution in [0, 0.1) is 0 Å². The fourth-order valence-corrected chi connectivity index (χ4v) is 5.71. The second-order valence-corrected chi connectivity index (χ2v) is 10.0. The second kappa shape index (κ2) is 9.65. The van der Waals surface area contributed by atoms with Crippen molar-refractivity contribution in [3.8, 4) is 5.75 Å². The molecule has 34 heavy (non-hydrogen) atoms. The van der Waals surface area contributed by atoms with E-state index in [-0.39, 0.29) is 30.6 Å². The lowest BCUT2D eigenvalue weighted by Gasteiger charge is -2.30. The maximum Gasteiger partial charge on any atom is 0.270 e. The molecule has 2 atom stereocenters. The first-order chi connectivity index (χ1) is 16.5. The minimum Gasteiger partial charge on any atom is -0.475 e. The number of para-hydroxylation sites is 1. The Morgan fingerprint density at radius 2 is 2.06 bits per heavy atom. The molecule has 176 valence electrons. The van der Waals surface area contributed by atoms with Crippen LogP contribution in [0.2, 0.25) is 0 Å². The number of Topliss-reactive ketones (excluding diaryl/α,β-unsaturated/α-hetero) is 1. The maximum absolute atomic E-state index is 13.3. The number of thiophene rings is 1. The first-order valence-electron chi connectivity index (χ1n) is 11.1. The number of β-amino-alcohol motifs (C(OH)–C–C–N with tert-alkyl or cyclic N) is 1. The Hall–Kier alpha value is -3.08. The highest BCUT2D eigenvalue weighted by atomic mass is 32.1. The summed E-state index contributed by atoms with van der Waals surface area (Å²) >= 11 is 2.56. The summed E-state index contributed by atoms with van der Waals surface area (Å²) in [4.78, 5) is 47.1. The summed E-state index contributed by atoms with van der Waals surface area (Å²) in [6.45, 7) is 1.08.